The van der Waals surface area contributed by atoms with Crippen molar-refractivity contribution in [1.82, 2.24) is 4.98 Å². The van der Waals surface area contributed by atoms with Gasteiger partial charge in [-0.25, -0.2) is 9.78 Å². The van der Waals surface area contributed by atoms with Crippen LogP contribution in [0, 0.1) is 0 Å². The van der Waals surface area contributed by atoms with Gasteiger partial charge in [0, 0.05) is 17.3 Å². The zero-order valence-electron chi connectivity index (χ0n) is 9.64. The number of carboxylic acids is 1. The molecule has 1 aromatic rings. The minimum absolute atomic E-state index is 0.391. The van der Waals surface area contributed by atoms with Gasteiger partial charge in [0.2, 0.25) is 0 Å². The third-order valence-corrected chi connectivity index (χ3v) is 6.60. The molecule has 1 atom stereocenters. The molecule has 94 valence electrons. The molecule has 0 spiro atoms. The van der Waals surface area contributed by atoms with Crippen LogP contribution in [-0.4, -0.2) is 33.3 Å². The first-order valence-electron chi connectivity index (χ1n) is 5.64. The molecule has 2 heterocycles. The summed E-state index contributed by atoms with van der Waals surface area (Å²) in [6, 6.07) is 0. The summed E-state index contributed by atoms with van der Waals surface area (Å²) >= 11 is 5.20. The smallest absolute Gasteiger partial charge is 0.347 e. The number of thiazole rings is 1. The van der Waals surface area contributed by atoms with E-state index in [1.807, 2.05) is 23.5 Å². The van der Waals surface area contributed by atoms with Crippen molar-refractivity contribution < 1.29 is 9.90 Å². The van der Waals surface area contributed by atoms with Crippen LogP contribution in [0.25, 0.3) is 0 Å². The van der Waals surface area contributed by atoms with Crippen LogP contribution in [0.2, 0.25) is 0 Å². The highest BCUT2D eigenvalue weighted by atomic mass is 32.2. The average molecular weight is 289 g/mol. The molecule has 1 aromatic heterocycles. The summed E-state index contributed by atoms with van der Waals surface area (Å²) in [7, 11) is 0. The van der Waals surface area contributed by atoms with E-state index in [2.05, 4.69) is 11.9 Å². The summed E-state index contributed by atoms with van der Waals surface area (Å²) < 4.78 is 0. The molecule has 6 heteroatoms. The maximum absolute atomic E-state index is 11.2. The average Bonchev–Trinajstić information content (AvgIpc) is 2.75. The Morgan fingerprint density at radius 3 is 2.94 bits per heavy atom. The van der Waals surface area contributed by atoms with Gasteiger partial charge in [-0.05, 0) is 6.42 Å². The van der Waals surface area contributed by atoms with E-state index in [4.69, 9.17) is 5.11 Å². The van der Waals surface area contributed by atoms with Gasteiger partial charge < -0.3 is 5.11 Å². The van der Waals surface area contributed by atoms with E-state index in [0.29, 0.717) is 10.1 Å². The Labute approximate surface area is 113 Å². The molecule has 1 fully saturated rings. The summed E-state index contributed by atoms with van der Waals surface area (Å²) in [6.07, 6.45) is 1.71. The molecule has 1 saturated heterocycles. The number of aromatic nitrogens is 1. The van der Waals surface area contributed by atoms with Crippen molar-refractivity contribution >= 4 is 40.8 Å². The van der Waals surface area contributed by atoms with Crippen molar-refractivity contribution in [3.8, 4) is 0 Å². The first-order valence-corrected chi connectivity index (χ1v) is 8.66. The van der Waals surface area contributed by atoms with E-state index >= 15 is 0 Å². The third-order valence-electron chi connectivity index (χ3n) is 2.49. The van der Waals surface area contributed by atoms with Gasteiger partial charge in [0.25, 0.3) is 0 Å². The Kier molecular flexibility index (Phi) is 4.76. The Morgan fingerprint density at radius 2 is 2.35 bits per heavy atom. The number of thioether (sulfide) groups is 2. The minimum atomic E-state index is -0.828. The molecule has 0 amide bonds. The molecule has 1 aliphatic rings. The van der Waals surface area contributed by atoms with Gasteiger partial charge >= 0.3 is 5.97 Å². The highest BCUT2D eigenvalue weighted by Gasteiger charge is 2.24. The zero-order chi connectivity index (χ0) is 12.3. The van der Waals surface area contributed by atoms with Crippen LogP contribution in [0.4, 0.5) is 0 Å². The Bertz CT molecular complexity index is 399. The van der Waals surface area contributed by atoms with E-state index in [1.165, 1.54) is 17.1 Å². The molecule has 1 N–H and O–H groups in total. The van der Waals surface area contributed by atoms with Crippen LogP contribution in [-0.2, 0) is 6.42 Å². The second-order valence-corrected chi connectivity index (χ2v) is 7.31. The number of carboxylic acid groups (broad SMARTS) is 1. The lowest BCUT2D eigenvalue weighted by Gasteiger charge is -2.18. The van der Waals surface area contributed by atoms with E-state index in [-0.39, 0.29) is 0 Å². The van der Waals surface area contributed by atoms with Crippen molar-refractivity contribution in [1.29, 1.82) is 0 Å². The van der Waals surface area contributed by atoms with Gasteiger partial charge in [0.1, 0.15) is 9.88 Å². The lowest BCUT2D eigenvalue weighted by molar-refractivity contribution is 0.0700. The molecule has 17 heavy (non-hydrogen) atoms. The quantitative estimate of drug-likeness (QED) is 0.921. The number of hydrogen-bond donors (Lipinski definition) is 1. The molecule has 0 aromatic carbocycles. The van der Waals surface area contributed by atoms with E-state index < -0.39 is 5.97 Å². The molecular formula is C11H15NO2S3. The van der Waals surface area contributed by atoms with Crippen molar-refractivity contribution in [2.75, 3.05) is 17.3 Å². The molecule has 0 bridgehead atoms. The second kappa shape index (κ2) is 6.11. The van der Waals surface area contributed by atoms with Crippen LogP contribution < -0.4 is 0 Å². The fourth-order valence-corrected chi connectivity index (χ4v) is 5.65. The Hall–Kier alpha value is -0.200. The normalized spacial score (nSPS) is 20.4. The second-order valence-electron chi connectivity index (χ2n) is 3.82. The maximum Gasteiger partial charge on any atom is 0.347 e. The Balaban J connectivity index is 2.22. The molecule has 0 saturated carbocycles. The molecule has 0 radical (unpaired) electrons. The summed E-state index contributed by atoms with van der Waals surface area (Å²) in [5.41, 5.74) is 0.774. The lowest BCUT2D eigenvalue weighted by atomic mass is 10.2. The monoisotopic (exact) mass is 289 g/mol. The van der Waals surface area contributed by atoms with E-state index in [9.17, 15) is 4.79 Å². The van der Waals surface area contributed by atoms with Crippen LogP contribution in [0.1, 0.15) is 39.0 Å². The lowest BCUT2D eigenvalue weighted by Crippen LogP contribution is -2.06. The molecule has 2 rings (SSSR count). The largest absolute Gasteiger partial charge is 0.477 e. The molecular weight excluding hydrogens is 274 g/mol. The summed E-state index contributed by atoms with van der Waals surface area (Å²) in [4.78, 5) is 16.1. The number of aryl methyl sites for hydroxylation is 1. The maximum atomic E-state index is 11.2. The van der Waals surface area contributed by atoms with E-state index in [0.717, 1.165) is 35.0 Å². The molecule has 1 unspecified atom stereocenters. The molecule has 1 aliphatic heterocycles. The highest BCUT2D eigenvalue weighted by Crippen LogP contribution is 2.39. The van der Waals surface area contributed by atoms with Crippen LogP contribution in [0.5, 0.6) is 0 Å². The minimum Gasteiger partial charge on any atom is -0.477 e. The number of carbonyl (C=O) groups is 1. The van der Waals surface area contributed by atoms with Crippen LogP contribution in [0.3, 0.4) is 0 Å². The summed E-state index contributed by atoms with van der Waals surface area (Å²) in [6.45, 7) is 2.05. The fraction of sp³-hybridized carbons (Fsp3) is 0.636. The zero-order valence-corrected chi connectivity index (χ0v) is 12.1. The molecule has 0 aliphatic carbocycles. The van der Waals surface area contributed by atoms with Crippen molar-refractivity contribution in [2.24, 2.45) is 0 Å². The fourth-order valence-electron chi connectivity index (χ4n) is 1.71. The first kappa shape index (κ1) is 13.2. The van der Waals surface area contributed by atoms with Crippen LogP contribution in [0.15, 0.2) is 0 Å². The van der Waals surface area contributed by atoms with Gasteiger partial charge in [-0.3, -0.25) is 0 Å². The Morgan fingerprint density at radius 1 is 1.53 bits per heavy atom. The van der Waals surface area contributed by atoms with Gasteiger partial charge in [0.15, 0.2) is 0 Å². The highest BCUT2D eigenvalue weighted by molar-refractivity contribution is 8.06. The van der Waals surface area contributed by atoms with Gasteiger partial charge in [-0.15, -0.1) is 23.1 Å². The van der Waals surface area contributed by atoms with E-state index in [1.54, 1.807) is 0 Å². The standard InChI is InChI=1S/C11H15NO2S3/c1-2-3-7-9(11(13)14)17-10(12-7)8-6-15-4-5-16-8/h8H,2-6H2,1H3,(H,13,14). The number of aromatic carboxylic acids is 1. The predicted molar refractivity (Wildman–Crippen MR) is 75.6 cm³/mol. The number of rotatable bonds is 4. The van der Waals surface area contributed by atoms with Gasteiger partial charge in [-0.2, -0.15) is 11.8 Å². The number of nitrogens with zero attached hydrogens (tertiary/aromatic N) is 1. The summed E-state index contributed by atoms with van der Waals surface area (Å²) in [5, 5.41) is 10.6. The molecule has 3 nitrogen and oxygen atoms in total. The SMILES string of the molecule is CCCc1nc(C2CSCCS2)sc1C(=O)O. The number of hydrogen-bond acceptors (Lipinski definition) is 5. The van der Waals surface area contributed by atoms with Gasteiger partial charge in [0.05, 0.1) is 10.9 Å². The van der Waals surface area contributed by atoms with Crippen LogP contribution >= 0.6 is 34.9 Å². The predicted octanol–water partition coefficient (Wildman–Crippen LogP) is 3.31. The first-order chi connectivity index (χ1) is 8.22. The van der Waals surface area contributed by atoms with Crippen molar-refractivity contribution in [3.05, 3.63) is 15.6 Å². The van der Waals surface area contributed by atoms with Gasteiger partial charge in [-0.1, -0.05) is 13.3 Å². The van der Waals surface area contributed by atoms with Crippen molar-refractivity contribution in [3.63, 3.8) is 0 Å². The third kappa shape index (κ3) is 3.17. The topological polar surface area (TPSA) is 50.2 Å². The van der Waals surface area contributed by atoms with Crippen molar-refractivity contribution in [2.45, 2.75) is 25.0 Å². The summed E-state index contributed by atoms with van der Waals surface area (Å²) in [5.74, 6) is 2.56.